The molecule has 0 amide bonds. The van der Waals surface area contributed by atoms with Gasteiger partial charge >= 0.3 is 0 Å². The van der Waals surface area contributed by atoms with Gasteiger partial charge in [0.05, 0.1) is 6.61 Å². The highest BCUT2D eigenvalue weighted by Crippen LogP contribution is 2.19. The van der Waals surface area contributed by atoms with Crippen LogP contribution < -0.4 is 0 Å². The lowest BCUT2D eigenvalue weighted by Gasteiger charge is -2.18. The fourth-order valence-corrected chi connectivity index (χ4v) is 1.77. The van der Waals surface area contributed by atoms with Crippen LogP contribution in [0.1, 0.15) is 25.0 Å². The predicted molar refractivity (Wildman–Crippen MR) is 64.0 cm³/mol. The van der Waals surface area contributed by atoms with E-state index in [1.54, 1.807) is 0 Å². The fourth-order valence-electron chi connectivity index (χ4n) is 1.51. The molecule has 0 atom stereocenters. The molecule has 1 aromatic carbocycles. The zero-order valence-electron chi connectivity index (χ0n) is 9.33. The third-order valence-electron chi connectivity index (χ3n) is 2.59. The summed E-state index contributed by atoms with van der Waals surface area (Å²) in [6.07, 6.45) is 0. The molecule has 3 heteroatoms. The first-order valence-electron chi connectivity index (χ1n) is 5.31. The summed E-state index contributed by atoms with van der Waals surface area (Å²) in [5.41, 5.74) is 1.99. The van der Waals surface area contributed by atoms with Crippen LogP contribution in [0.15, 0.2) is 18.2 Å². The van der Waals surface area contributed by atoms with Crippen molar-refractivity contribution in [1.29, 1.82) is 0 Å². The van der Waals surface area contributed by atoms with E-state index in [2.05, 4.69) is 18.7 Å². The minimum absolute atomic E-state index is 0.0469. The maximum absolute atomic E-state index is 8.96. The molecule has 15 heavy (non-hydrogen) atoms. The lowest BCUT2D eigenvalue weighted by molar-refractivity contribution is 0.281. The molecule has 84 valence electrons. The van der Waals surface area contributed by atoms with E-state index in [1.807, 2.05) is 18.2 Å². The first kappa shape index (κ1) is 12.5. The summed E-state index contributed by atoms with van der Waals surface area (Å²) in [4.78, 5) is 2.31. The van der Waals surface area contributed by atoms with Crippen LogP contribution in [0.4, 0.5) is 0 Å². The smallest absolute Gasteiger partial charge is 0.0682 e. The van der Waals surface area contributed by atoms with Crippen molar-refractivity contribution in [3.63, 3.8) is 0 Å². The van der Waals surface area contributed by atoms with E-state index < -0.39 is 0 Å². The van der Waals surface area contributed by atoms with Crippen LogP contribution in [0.25, 0.3) is 0 Å². The van der Waals surface area contributed by atoms with E-state index in [9.17, 15) is 0 Å². The van der Waals surface area contributed by atoms with Gasteiger partial charge in [-0.25, -0.2) is 0 Å². The van der Waals surface area contributed by atoms with E-state index >= 15 is 0 Å². The van der Waals surface area contributed by atoms with Gasteiger partial charge in [0.2, 0.25) is 0 Å². The Morgan fingerprint density at radius 1 is 1.27 bits per heavy atom. The molecule has 0 unspecified atom stereocenters. The van der Waals surface area contributed by atoms with Crippen LogP contribution in [0.2, 0.25) is 5.02 Å². The minimum Gasteiger partial charge on any atom is -0.392 e. The molecule has 2 nitrogen and oxygen atoms in total. The summed E-state index contributed by atoms with van der Waals surface area (Å²) >= 11 is 6.13. The molecule has 0 saturated carbocycles. The van der Waals surface area contributed by atoms with Crippen LogP contribution in [0, 0.1) is 0 Å². The fraction of sp³-hybridized carbons (Fsp3) is 0.500. The number of rotatable bonds is 5. The van der Waals surface area contributed by atoms with Crippen molar-refractivity contribution in [3.05, 3.63) is 34.3 Å². The molecular weight excluding hydrogens is 210 g/mol. The highest BCUT2D eigenvalue weighted by molar-refractivity contribution is 6.31. The summed E-state index contributed by atoms with van der Waals surface area (Å²) in [5.74, 6) is 0. The van der Waals surface area contributed by atoms with Gasteiger partial charge in [0.15, 0.2) is 0 Å². The first-order valence-corrected chi connectivity index (χ1v) is 5.69. The molecule has 0 aliphatic carbocycles. The van der Waals surface area contributed by atoms with Crippen molar-refractivity contribution < 1.29 is 5.11 Å². The van der Waals surface area contributed by atoms with Crippen LogP contribution in [0.3, 0.4) is 0 Å². The Balaban J connectivity index is 2.77. The zero-order chi connectivity index (χ0) is 11.3. The number of hydrogen-bond acceptors (Lipinski definition) is 2. The predicted octanol–water partition coefficient (Wildman–Crippen LogP) is 2.67. The summed E-state index contributed by atoms with van der Waals surface area (Å²) in [6.45, 7) is 7.24. The van der Waals surface area contributed by atoms with Gasteiger partial charge in [-0.2, -0.15) is 0 Å². The second-order valence-corrected chi connectivity index (χ2v) is 3.95. The molecule has 0 bridgehead atoms. The molecule has 0 aliphatic rings. The largest absolute Gasteiger partial charge is 0.392 e. The molecule has 1 aromatic rings. The lowest BCUT2D eigenvalue weighted by atomic mass is 10.1. The summed E-state index contributed by atoms with van der Waals surface area (Å²) < 4.78 is 0. The third kappa shape index (κ3) is 3.49. The average Bonchev–Trinajstić information content (AvgIpc) is 2.27. The van der Waals surface area contributed by atoms with Crippen molar-refractivity contribution in [2.45, 2.75) is 27.0 Å². The Kier molecular flexibility index (Phi) is 5.09. The summed E-state index contributed by atoms with van der Waals surface area (Å²) in [5, 5.41) is 9.70. The molecule has 0 radical (unpaired) electrons. The SMILES string of the molecule is CCN(CC)Cc1ccc(CO)cc1Cl. The van der Waals surface area contributed by atoms with Crippen LogP contribution in [-0.2, 0) is 13.2 Å². The molecule has 0 fully saturated rings. The van der Waals surface area contributed by atoms with Crippen molar-refractivity contribution in [2.24, 2.45) is 0 Å². The number of benzene rings is 1. The summed E-state index contributed by atoms with van der Waals surface area (Å²) in [7, 11) is 0. The van der Waals surface area contributed by atoms with Gasteiger partial charge in [0.1, 0.15) is 0 Å². The van der Waals surface area contributed by atoms with Crippen LogP contribution in [-0.4, -0.2) is 23.1 Å². The topological polar surface area (TPSA) is 23.5 Å². The number of hydrogen-bond donors (Lipinski definition) is 1. The minimum atomic E-state index is 0.0469. The van der Waals surface area contributed by atoms with Crippen molar-refractivity contribution in [1.82, 2.24) is 4.90 Å². The number of aliphatic hydroxyl groups excluding tert-OH is 1. The monoisotopic (exact) mass is 227 g/mol. The molecule has 0 aliphatic heterocycles. The van der Waals surface area contributed by atoms with Crippen LogP contribution >= 0.6 is 11.6 Å². The van der Waals surface area contributed by atoms with Crippen molar-refractivity contribution in [2.75, 3.05) is 13.1 Å². The van der Waals surface area contributed by atoms with Crippen molar-refractivity contribution >= 4 is 11.6 Å². The Morgan fingerprint density at radius 3 is 2.40 bits per heavy atom. The Hall–Kier alpha value is -0.570. The number of aliphatic hydroxyl groups is 1. The van der Waals surface area contributed by atoms with Gasteiger partial charge in [0, 0.05) is 11.6 Å². The Labute approximate surface area is 96.5 Å². The molecule has 0 heterocycles. The summed E-state index contributed by atoms with van der Waals surface area (Å²) in [6, 6.07) is 5.75. The van der Waals surface area contributed by atoms with Crippen LogP contribution in [0.5, 0.6) is 0 Å². The van der Waals surface area contributed by atoms with E-state index in [-0.39, 0.29) is 6.61 Å². The normalized spacial score (nSPS) is 11.0. The van der Waals surface area contributed by atoms with E-state index in [1.165, 1.54) is 0 Å². The average molecular weight is 228 g/mol. The number of nitrogens with zero attached hydrogens (tertiary/aromatic N) is 1. The van der Waals surface area contributed by atoms with Crippen molar-refractivity contribution in [3.8, 4) is 0 Å². The highest BCUT2D eigenvalue weighted by atomic mass is 35.5. The quantitative estimate of drug-likeness (QED) is 0.836. The molecule has 1 rings (SSSR count). The van der Waals surface area contributed by atoms with Gasteiger partial charge in [0.25, 0.3) is 0 Å². The number of halogens is 1. The van der Waals surface area contributed by atoms with Gasteiger partial charge in [-0.3, -0.25) is 4.90 Å². The maximum atomic E-state index is 8.96. The third-order valence-corrected chi connectivity index (χ3v) is 2.94. The lowest BCUT2D eigenvalue weighted by Crippen LogP contribution is -2.22. The highest BCUT2D eigenvalue weighted by Gasteiger charge is 2.05. The van der Waals surface area contributed by atoms with Gasteiger partial charge in [-0.15, -0.1) is 0 Å². The maximum Gasteiger partial charge on any atom is 0.0682 e. The molecule has 0 saturated heterocycles. The zero-order valence-corrected chi connectivity index (χ0v) is 10.1. The first-order chi connectivity index (χ1) is 7.21. The van der Waals surface area contributed by atoms with Gasteiger partial charge in [-0.05, 0) is 30.3 Å². The second kappa shape index (κ2) is 6.11. The van der Waals surface area contributed by atoms with Gasteiger partial charge in [-0.1, -0.05) is 37.6 Å². The molecule has 1 N–H and O–H groups in total. The Bertz CT molecular complexity index is 310. The standard InChI is InChI=1S/C12H18ClNO/c1-3-14(4-2)8-11-6-5-10(9-15)7-12(11)13/h5-7,15H,3-4,8-9H2,1-2H3. The molecule has 0 spiro atoms. The van der Waals surface area contributed by atoms with E-state index in [0.717, 1.165) is 35.8 Å². The second-order valence-electron chi connectivity index (χ2n) is 3.55. The van der Waals surface area contributed by atoms with Gasteiger partial charge < -0.3 is 5.11 Å². The van der Waals surface area contributed by atoms with E-state index in [4.69, 9.17) is 16.7 Å². The molecule has 0 aromatic heterocycles. The van der Waals surface area contributed by atoms with E-state index in [0.29, 0.717) is 0 Å². The molecular formula is C12H18ClNO. The Morgan fingerprint density at radius 2 is 1.93 bits per heavy atom.